The summed E-state index contributed by atoms with van der Waals surface area (Å²) in [5, 5.41) is 4.23. The summed E-state index contributed by atoms with van der Waals surface area (Å²) < 4.78 is 10.1. The summed E-state index contributed by atoms with van der Waals surface area (Å²) in [6.45, 7) is 4.22. The maximum Gasteiger partial charge on any atom is 0.144 e. The zero-order valence-corrected chi connectivity index (χ0v) is 10.0. The zero-order valence-electron chi connectivity index (χ0n) is 9.23. The molecule has 2 aromatic rings. The van der Waals surface area contributed by atoms with E-state index in [0.717, 1.165) is 28.3 Å². The Morgan fingerprint density at radius 1 is 1.38 bits per heavy atom. The van der Waals surface area contributed by atoms with E-state index in [1.54, 1.807) is 0 Å². The van der Waals surface area contributed by atoms with E-state index in [2.05, 4.69) is 23.4 Å². The molecule has 0 N–H and O–H groups in total. The number of fused-ring (bicyclic) bond motifs is 3. The van der Waals surface area contributed by atoms with E-state index < -0.39 is 0 Å². The Balaban J connectivity index is 2.27. The Kier molecular flexibility index (Phi) is 2.01. The summed E-state index contributed by atoms with van der Waals surface area (Å²) in [5.74, 6) is 0.909. The molecule has 3 nitrogen and oxygen atoms in total. The third-order valence-electron chi connectivity index (χ3n) is 3.12. The van der Waals surface area contributed by atoms with E-state index in [1.807, 2.05) is 24.3 Å². The van der Waals surface area contributed by atoms with Gasteiger partial charge in [0.2, 0.25) is 0 Å². The maximum atomic E-state index is 6.08. The van der Waals surface area contributed by atoms with Crippen molar-refractivity contribution in [3.05, 3.63) is 29.1 Å². The molecule has 1 aromatic heterocycles. The lowest BCUT2D eigenvalue weighted by molar-refractivity contribution is 0.0834. The van der Waals surface area contributed by atoms with E-state index in [4.69, 9.17) is 4.74 Å². The molecule has 0 saturated carbocycles. The Morgan fingerprint density at radius 2 is 2.19 bits per heavy atom. The number of para-hydroxylation sites is 1. The number of aromatic nitrogens is 2. The Labute approximate surface area is 98.2 Å². The third-order valence-corrected chi connectivity index (χ3v) is 4.09. The van der Waals surface area contributed by atoms with E-state index in [0.29, 0.717) is 0 Å². The molecule has 0 fully saturated rings. The Hall–Kier alpha value is -1.42. The molecule has 16 heavy (non-hydrogen) atoms. The predicted molar refractivity (Wildman–Crippen MR) is 63.6 cm³/mol. The number of benzene rings is 1. The fourth-order valence-corrected chi connectivity index (χ4v) is 2.81. The summed E-state index contributed by atoms with van der Waals surface area (Å²) in [6, 6.07) is 8.01. The predicted octanol–water partition coefficient (Wildman–Crippen LogP) is 3.22. The molecule has 0 aliphatic carbocycles. The van der Waals surface area contributed by atoms with E-state index in [9.17, 15) is 0 Å². The number of rotatable bonds is 1. The van der Waals surface area contributed by atoms with Crippen molar-refractivity contribution >= 4 is 11.5 Å². The largest absolute Gasteiger partial charge is 0.481 e. The van der Waals surface area contributed by atoms with Crippen LogP contribution in [0.4, 0.5) is 0 Å². The van der Waals surface area contributed by atoms with Gasteiger partial charge in [-0.05, 0) is 37.0 Å². The van der Waals surface area contributed by atoms with Crippen LogP contribution in [-0.2, 0) is 5.60 Å². The molecular formula is C12H12N2OS. The smallest absolute Gasteiger partial charge is 0.144 e. The second kappa shape index (κ2) is 3.28. The Morgan fingerprint density at radius 3 is 3.00 bits per heavy atom. The molecule has 1 aliphatic heterocycles. The first-order valence-electron chi connectivity index (χ1n) is 5.36. The van der Waals surface area contributed by atoms with Crippen molar-refractivity contribution in [3.8, 4) is 17.0 Å². The minimum Gasteiger partial charge on any atom is -0.481 e. The van der Waals surface area contributed by atoms with E-state index in [1.165, 1.54) is 11.5 Å². The van der Waals surface area contributed by atoms with Crippen LogP contribution in [0.25, 0.3) is 11.3 Å². The van der Waals surface area contributed by atoms with Crippen LogP contribution in [0.5, 0.6) is 5.75 Å². The lowest BCUT2D eigenvalue weighted by Gasteiger charge is -2.33. The summed E-state index contributed by atoms with van der Waals surface area (Å²) >= 11 is 1.43. The quantitative estimate of drug-likeness (QED) is 0.757. The van der Waals surface area contributed by atoms with E-state index >= 15 is 0 Å². The Bertz CT molecular complexity index is 537. The first-order chi connectivity index (χ1) is 7.74. The lowest BCUT2D eigenvalue weighted by atomic mass is 9.93. The van der Waals surface area contributed by atoms with Crippen LogP contribution in [0.15, 0.2) is 24.3 Å². The van der Waals surface area contributed by atoms with Gasteiger partial charge < -0.3 is 4.74 Å². The molecule has 0 amide bonds. The highest BCUT2D eigenvalue weighted by Gasteiger charge is 2.38. The van der Waals surface area contributed by atoms with Gasteiger partial charge in [-0.2, -0.15) is 0 Å². The summed E-state index contributed by atoms with van der Waals surface area (Å²) in [5.41, 5.74) is 1.76. The van der Waals surface area contributed by atoms with Crippen LogP contribution >= 0.6 is 11.5 Å². The SMILES string of the molecule is CCC1(C)Oc2ccccc2-c2nnsc21. The molecule has 1 aromatic carbocycles. The normalized spacial score (nSPS) is 22.1. The second-order valence-corrected chi connectivity index (χ2v) is 4.89. The standard InChI is InChI=1S/C12H12N2OS/c1-3-12(2)11-10(13-14-16-11)8-6-4-5-7-9(8)15-12/h4-7H,3H2,1-2H3. The summed E-state index contributed by atoms with van der Waals surface area (Å²) in [4.78, 5) is 1.13. The van der Waals surface area contributed by atoms with Gasteiger partial charge >= 0.3 is 0 Å². The lowest BCUT2D eigenvalue weighted by Crippen LogP contribution is -2.30. The van der Waals surface area contributed by atoms with Crippen LogP contribution in [-0.4, -0.2) is 9.59 Å². The van der Waals surface area contributed by atoms with Crippen molar-refractivity contribution in [3.63, 3.8) is 0 Å². The fraction of sp³-hybridized carbons (Fsp3) is 0.333. The first-order valence-corrected chi connectivity index (χ1v) is 6.13. The van der Waals surface area contributed by atoms with Crippen molar-refractivity contribution in [2.75, 3.05) is 0 Å². The molecule has 0 saturated heterocycles. The highest BCUT2D eigenvalue weighted by Crippen LogP contribution is 2.46. The van der Waals surface area contributed by atoms with Crippen LogP contribution in [0.1, 0.15) is 25.1 Å². The van der Waals surface area contributed by atoms with Crippen LogP contribution in [0.2, 0.25) is 0 Å². The van der Waals surface area contributed by atoms with Gasteiger partial charge in [0, 0.05) is 5.56 Å². The van der Waals surface area contributed by atoms with Gasteiger partial charge in [-0.15, -0.1) is 5.10 Å². The number of hydrogen-bond donors (Lipinski definition) is 0. The maximum absolute atomic E-state index is 6.08. The first kappa shape index (κ1) is 9.78. The molecule has 0 spiro atoms. The van der Waals surface area contributed by atoms with Crippen molar-refractivity contribution < 1.29 is 4.74 Å². The van der Waals surface area contributed by atoms with Crippen LogP contribution in [0, 0.1) is 0 Å². The van der Waals surface area contributed by atoms with Gasteiger partial charge in [-0.3, -0.25) is 0 Å². The highest BCUT2D eigenvalue weighted by atomic mass is 32.1. The van der Waals surface area contributed by atoms with Crippen molar-refractivity contribution in [2.24, 2.45) is 0 Å². The van der Waals surface area contributed by atoms with Gasteiger partial charge in [-0.25, -0.2) is 0 Å². The average Bonchev–Trinajstić information content (AvgIpc) is 2.79. The minimum atomic E-state index is -0.280. The topological polar surface area (TPSA) is 35.0 Å². The fourth-order valence-electron chi connectivity index (χ4n) is 1.99. The molecular weight excluding hydrogens is 220 g/mol. The van der Waals surface area contributed by atoms with Crippen molar-refractivity contribution in [1.82, 2.24) is 9.59 Å². The van der Waals surface area contributed by atoms with E-state index in [-0.39, 0.29) is 5.60 Å². The number of nitrogens with zero attached hydrogens (tertiary/aromatic N) is 2. The average molecular weight is 232 g/mol. The molecule has 1 aliphatic rings. The third kappa shape index (κ3) is 1.19. The molecule has 82 valence electrons. The van der Waals surface area contributed by atoms with Crippen LogP contribution < -0.4 is 4.74 Å². The summed E-state index contributed by atoms with van der Waals surface area (Å²) in [7, 11) is 0. The molecule has 2 heterocycles. The van der Waals surface area contributed by atoms with Gasteiger partial charge in [0.1, 0.15) is 17.0 Å². The number of hydrogen-bond acceptors (Lipinski definition) is 4. The van der Waals surface area contributed by atoms with Crippen molar-refractivity contribution in [1.29, 1.82) is 0 Å². The van der Waals surface area contributed by atoms with Gasteiger partial charge in [0.25, 0.3) is 0 Å². The molecule has 1 atom stereocenters. The molecule has 4 heteroatoms. The number of ether oxygens (including phenoxy) is 1. The zero-order chi connectivity index (χ0) is 11.2. The summed E-state index contributed by atoms with van der Waals surface area (Å²) in [6.07, 6.45) is 0.915. The molecule has 0 bridgehead atoms. The van der Waals surface area contributed by atoms with Gasteiger partial charge in [0.05, 0.1) is 4.88 Å². The molecule has 0 radical (unpaired) electrons. The highest BCUT2D eigenvalue weighted by molar-refractivity contribution is 7.06. The monoisotopic (exact) mass is 232 g/mol. The second-order valence-electron chi connectivity index (χ2n) is 4.13. The van der Waals surface area contributed by atoms with Gasteiger partial charge in [0.15, 0.2) is 0 Å². The molecule has 3 rings (SSSR count). The minimum absolute atomic E-state index is 0.280. The van der Waals surface area contributed by atoms with Gasteiger partial charge in [-0.1, -0.05) is 23.5 Å². The van der Waals surface area contributed by atoms with Crippen LogP contribution in [0.3, 0.4) is 0 Å². The molecule has 1 unspecified atom stereocenters. The van der Waals surface area contributed by atoms with Crippen molar-refractivity contribution in [2.45, 2.75) is 25.9 Å².